The molecule has 0 spiro atoms. The Labute approximate surface area is 111 Å². The largest absolute Gasteiger partial charge is 0.388 e. The second-order valence-electron chi connectivity index (χ2n) is 4.91. The smallest absolute Gasteiger partial charge is 0.186 e. The third-order valence-corrected chi connectivity index (χ3v) is 4.11. The fourth-order valence-electron chi connectivity index (χ4n) is 2.23. The molecule has 1 aliphatic rings. The number of nitrogens with zero attached hydrogens (tertiary/aromatic N) is 1. The maximum atomic E-state index is 11.9. The van der Waals surface area contributed by atoms with Gasteiger partial charge in [-0.3, -0.25) is 9.69 Å². The Kier molecular flexibility index (Phi) is 4.50. The van der Waals surface area contributed by atoms with E-state index in [0.29, 0.717) is 39.1 Å². The summed E-state index contributed by atoms with van der Waals surface area (Å²) in [5, 5.41) is 12.3. The van der Waals surface area contributed by atoms with E-state index in [1.165, 1.54) is 11.3 Å². The van der Waals surface area contributed by atoms with Crippen molar-refractivity contribution in [1.82, 2.24) is 4.90 Å². The molecule has 1 aromatic heterocycles. The molecule has 0 saturated carbocycles. The summed E-state index contributed by atoms with van der Waals surface area (Å²) in [6.07, 6.45) is 1.29. The lowest BCUT2D eigenvalue weighted by Gasteiger charge is -2.35. The average Bonchev–Trinajstić information content (AvgIpc) is 2.82. The quantitative estimate of drug-likeness (QED) is 0.821. The van der Waals surface area contributed by atoms with Crippen LogP contribution in [0.15, 0.2) is 17.5 Å². The maximum Gasteiger partial charge on any atom is 0.186 e. The second kappa shape index (κ2) is 5.93. The molecule has 1 fully saturated rings. The van der Waals surface area contributed by atoms with E-state index in [4.69, 9.17) is 4.74 Å². The van der Waals surface area contributed by atoms with Crippen molar-refractivity contribution in [3.05, 3.63) is 22.4 Å². The molecule has 1 saturated heterocycles. The summed E-state index contributed by atoms with van der Waals surface area (Å²) in [6.45, 7) is 2.07. The summed E-state index contributed by atoms with van der Waals surface area (Å²) in [7, 11) is 1.87. The molecule has 0 amide bonds. The minimum atomic E-state index is -0.706. The van der Waals surface area contributed by atoms with Crippen molar-refractivity contribution in [2.24, 2.45) is 0 Å². The topological polar surface area (TPSA) is 49.8 Å². The highest BCUT2D eigenvalue weighted by molar-refractivity contribution is 7.12. The number of ketones is 1. The molecule has 2 rings (SSSR count). The minimum Gasteiger partial charge on any atom is -0.388 e. The van der Waals surface area contributed by atoms with Crippen LogP contribution in [0.5, 0.6) is 0 Å². The van der Waals surface area contributed by atoms with Crippen LogP contribution in [-0.2, 0) is 4.74 Å². The lowest BCUT2D eigenvalue weighted by molar-refractivity contribution is -0.0758. The van der Waals surface area contributed by atoms with Crippen LogP contribution in [0.2, 0.25) is 0 Å². The Hall–Kier alpha value is -0.750. The highest BCUT2D eigenvalue weighted by Gasteiger charge is 2.31. The van der Waals surface area contributed by atoms with E-state index in [2.05, 4.69) is 0 Å². The van der Waals surface area contributed by atoms with Crippen molar-refractivity contribution in [3.63, 3.8) is 0 Å². The summed E-state index contributed by atoms with van der Waals surface area (Å²) in [6, 6.07) is 3.72. The summed E-state index contributed by atoms with van der Waals surface area (Å²) in [5.41, 5.74) is -0.706. The van der Waals surface area contributed by atoms with Gasteiger partial charge in [-0.25, -0.2) is 0 Å². The van der Waals surface area contributed by atoms with Crippen molar-refractivity contribution < 1.29 is 14.6 Å². The molecule has 5 heteroatoms. The van der Waals surface area contributed by atoms with Crippen molar-refractivity contribution >= 4 is 17.1 Å². The standard InChI is InChI=1S/C13H19NO3S/c1-14(9-11(15)12-3-2-8-18-12)10-13(16)4-6-17-7-5-13/h2-3,8,16H,4-7,9-10H2,1H3. The third kappa shape index (κ3) is 3.62. The van der Waals surface area contributed by atoms with Gasteiger partial charge < -0.3 is 9.84 Å². The predicted octanol–water partition coefficient (Wildman–Crippen LogP) is 1.40. The van der Waals surface area contributed by atoms with E-state index >= 15 is 0 Å². The van der Waals surface area contributed by atoms with Crippen LogP contribution in [0.1, 0.15) is 22.5 Å². The van der Waals surface area contributed by atoms with Gasteiger partial charge >= 0.3 is 0 Å². The molecule has 0 unspecified atom stereocenters. The highest BCUT2D eigenvalue weighted by atomic mass is 32.1. The highest BCUT2D eigenvalue weighted by Crippen LogP contribution is 2.21. The number of ether oxygens (including phenoxy) is 1. The average molecular weight is 269 g/mol. The molecular weight excluding hydrogens is 250 g/mol. The Morgan fingerprint density at radius 3 is 2.89 bits per heavy atom. The van der Waals surface area contributed by atoms with Crippen molar-refractivity contribution in [2.75, 3.05) is 33.4 Å². The number of thiophene rings is 1. The SMILES string of the molecule is CN(CC(=O)c1cccs1)CC1(O)CCOCC1. The van der Waals surface area contributed by atoms with Gasteiger partial charge in [0.25, 0.3) is 0 Å². The Balaban J connectivity index is 1.84. The first kappa shape index (κ1) is 13.7. The Bertz CT molecular complexity index is 385. The molecule has 0 aromatic carbocycles. The molecule has 2 heterocycles. The second-order valence-corrected chi connectivity index (χ2v) is 5.86. The zero-order valence-corrected chi connectivity index (χ0v) is 11.4. The van der Waals surface area contributed by atoms with Gasteiger partial charge in [-0.2, -0.15) is 0 Å². The van der Waals surface area contributed by atoms with Crippen molar-refractivity contribution in [1.29, 1.82) is 0 Å². The number of carbonyl (C=O) groups is 1. The van der Waals surface area contributed by atoms with Crippen LogP contribution in [0.4, 0.5) is 0 Å². The summed E-state index contributed by atoms with van der Waals surface area (Å²) in [5.74, 6) is 0.114. The number of likely N-dealkylation sites (N-methyl/N-ethyl adjacent to an activating group) is 1. The van der Waals surface area contributed by atoms with Gasteiger partial charge in [0.2, 0.25) is 0 Å². The van der Waals surface area contributed by atoms with Crippen LogP contribution in [-0.4, -0.2) is 54.7 Å². The molecule has 4 nitrogen and oxygen atoms in total. The number of hydrogen-bond acceptors (Lipinski definition) is 5. The van der Waals surface area contributed by atoms with Gasteiger partial charge in [-0.05, 0) is 18.5 Å². The number of aliphatic hydroxyl groups is 1. The molecule has 100 valence electrons. The van der Waals surface area contributed by atoms with Gasteiger partial charge in [0.15, 0.2) is 5.78 Å². The lowest BCUT2D eigenvalue weighted by atomic mass is 9.94. The molecule has 0 bridgehead atoms. The van der Waals surface area contributed by atoms with E-state index in [0.717, 1.165) is 4.88 Å². The van der Waals surface area contributed by atoms with E-state index in [-0.39, 0.29) is 5.78 Å². The van der Waals surface area contributed by atoms with E-state index in [1.807, 2.05) is 29.5 Å². The number of hydrogen-bond donors (Lipinski definition) is 1. The van der Waals surface area contributed by atoms with Gasteiger partial charge in [0.1, 0.15) is 0 Å². The van der Waals surface area contributed by atoms with Gasteiger partial charge in [-0.15, -0.1) is 11.3 Å². The first-order valence-electron chi connectivity index (χ1n) is 6.14. The molecule has 1 N–H and O–H groups in total. The summed E-state index contributed by atoms with van der Waals surface area (Å²) in [4.78, 5) is 14.6. The van der Waals surface area contributed by atoms with E-state index in [1.54, 1.807) is 0 Å². The molecule has 1 aliphatic heterocycles. The normalized spacial score (nSPS) is 19.1. The number of Topliss-reactive ketones (excluding diaryl/α,β-unsaturated/α-hetero) is 1. The van der Waals surface area contributed by atoms with Gasteiger partial charge in [0.05, 0.1) is 17.0 Å². The first-order valence-corrected chi connectivity index (χ1v) is 7.02. The van der Waals surface area contributed by atoms with Crippen molar-refractivity contribution in [3.8, 4) is 0 Å². The van der Waals surface area contributed by atoms with E-state index in [9.17, 15) is 9.90 Å². The molecule has 1 aromatic rings. The fourth-order valence-corrected chi connectivity index (χ4v) is 2.88. The molecule has 0 radical (unpaired) electrons. The summed E-state index contributed by atoms with van der Waals surface area (Å²) < 4.78 is 5.24. The molecule has 0 aliphatic carbocycles. The predicted molar refractivity (Wildman–Crippen MR) is 71.1 cm³/mol. The monoisotopic (exact) mass is 269 g/mol. The van der Waals surface area contributed by atoms with Gasteiger partial charge in [-0.1, -0.05) is 6.07 Å². The van der Waals surface area contributed by atoms with Crippen LogP contribution in [0.3, 0.4) is 0 Å². The fraction of sp³-hybridized carbons (Fsp3) is 0.615. The Morgan fingerprint density at radius 1 is 1.56 bits per heavy atom. The first-order chi connectivity index (χ1) is 8.59. The minimum absolute atomic E-state index is 0.114. The molecule has 18 heavy (non-hydrogen) atoms. The number of carbonyl (C=O) groups excluding carboxylic acids is 1. The van der Waals surface area contributed by atoms with Gasteiger partial charge in [0, 0.05) is 32.6 Å². The zero-order valence-electron chi connectivity index (χ0n) is 10.6. The van der Waals surface area contributed by atoms with Crippen LogP contribution >= 0.6 is 11.3 Å². The van der Waals surface area contributed by atoms with Crippen LogP contribution < -0.4 is 0 Å². The van der Waals surface area contributed by atoms with E-state index < -0.39 is 5.60 Å². The number of rotatable bonds is 5. The zero-order chi connectivity index (χ0) is 13.0. The van der Waals surface area contributed by atoms with Crippen molar-refractivity contribution in [2.45, 2.75) is 18.4 Å². The summed E-state index contributed by atoms with van der Waals surface area (Å²) >= 11 is 1.46. The molecular formula is C13H19NO3S. The molecule has 0 atom stereocenters. The maximum absolute atomic E-state index is 11.9. The lowest BCUT2D eigenvalue weighted by Crippen LogP contribution is -2.46. The van der Waals surface area contributed by atoms with Crippen LogP contribution in [0.25, 0.3) is 0 Å². The van der Waals surface area contributed by atoms with Crippen LogP contribution in [0, 0.1) is 0 Å². The Morgan fingerprint density at radius 2 is 2.28 bits per heavy atom. The third-order valence-electron chi connectivity index (χ3n) is 3.20.